The summed E-state index contributed by atoms with van der Waals surface area (Å²) in [5.74, 6) is -1.000. The van der Waals surface area contributed by atoms with Crippen molar-refractivity contribution in [1.29, 1.82) is 0 Å². The number of methoxy groups -OCH3 is 1. The molecule has 0 aliphatic carbocycles. The molecule has 0 radical (unpaired) electrons. The zero-order valence-electron chi connectivity index (χ0n) is 13.2. The van der Waals surface area contributed by atoms with Gasteiger partial charge in [0.15, 0.2) is 5.78 Å². The van der Waals surface area contributed by atoms with Crippen LogP contribution < -0.4 is 5.56 Å². The molecule has 0 fully saturated rings. The molecule has 2 aromatic rings. The number of pyridine rings is 1. The van der Waals surface area contributed by atoms with Crippen LogP contribution in [-0.4, -0.2) is 23.4 Å². The highest BCUT2D eigenvalue weighted by Crippen LogP contribution is 2.14. The summed E-state index contributed by atoms with van der Waals surface area (Å²) in [6.45, 7) is 2.52. The number of hydrogen-bond donors (Lipinski definition) is 0. The van der Waals surface area contributed by atoms with E-state index in [-0.39, 0.29) is 22.5 Å². The van der Waals surface area contributed by atoms with Crippen LogP contribution in [0, 0.1) is 0 Å². The Kier molecular flexibility index (Phi) is 5.46. The van der Waals surface area contributed by atoms with Gasteiger partial charge in [0.25, 0.3) is 5.56 Å². The molecule has 0 spiro atoms. The van der Waals surface area contributed by atoms with Crippen molar-refractivity contribution in [1.82, 2.24) is 4.57 Å². The first-order valence-electron chi connectivity index (χ1n) is 7.51. The lowest BCUT2D eigenvalue weighted by molar-refractivity contribution is 0.0597. The van der Waals surface area contributed by atoms with Crippen LogP contribution in [0.15, 0.2) is 47.4 Å². The SMILES string of the molecule is CCCCn1cc(C(=O)c2ccccc2)c(C(=O)OC)cc1=O. The Morgan fingerprint density at radius 1 is 1.13 bits per heavy atom. The van der Waals surface area contributed by atoms with Crippen molar-refractivity contribution < 1.29 is 14.3 Å². The summed E-state index contributed by atoms with van der Waals surface area (Å²) >= 11 is 0. The van der Waals surface area contributed by atoms with Crippen molar-refractivity contribution in [3.63, 3.8) is 0 Å². The number of hydrogen-bond acceptors (Lipinski definition) is 4. The molecule has 0 aliphatic rings. The summed E-state index contributed by atoms with van der Waals surface area (Å²) in [5.41, 5.74) is 0.319. The summed E-state index contributed by atoms with van der Waals surface area (Å²) in [4.78, 5) is 36.7. The zero-order valence-corrected chi connectivity index (χ0v) is 13.2. The molecule has 1 aromatic carbocycles. The number of ether oxygens (including phenoxy) is 1. The molecule has 0 bridgehead atoms. The Labute approximate surface area is 134 Å². The van der Waals surface area contributed by atoms with Crippen LogP contribution in [0.2, 0.25) is 0 Å². The first kappa shape index (κ1) is 16.7. The van der Waals surface area contributed by atoms with Gasteiger partial charge in [-0.15, -0.1) is 0 Å². The van der Waals surface area contributed by atoms with Crippen molar-refractivity contribution >= 4 is 11.8 Å². The molecule has 0 saturated heterocycles. The van der Waals surface area contributed by atoms with E-state index in [4.69, 9.17) is 4.74 Å². The third kappa shape index (κ3) is 3.74. The van der Waals surface area contributed by atoms with Crippen molar-refractivity contribution in [2.75, 3.05) is 7.11 Å². The number of aromatic nitrogens is 1. The van der Waals surface area contributed by atoms with Gasteiger partial charge in [-0.2, -0.15) is 0 Å². The molecule has 23 heavy (non-hydrogen) atoms. The summed E-state index contributed by atoms with van der Waals surface area (Å²) < 4.78 is 6.16. The van der Waals surface area contributed by atoms with Gasteiger partial charge >= 0.3 is 5.97 Å². The number of ketones is 1. The minimum absolute atomic E-state index is 0.000832. The second kappa shape index (κ2) is 7.54. The molecule has 0 amide bonds. The Hall–Kier alpha value is -2.69. The van der Waals surface area contributed by atoms with Gasteiger partial charge in [-0.3, -0.25) is 9.59 Å². The molecule has 0 unspecified atom stereocenters. The number of nitrogens with zero attached hydrogens (tertiary/aromatic N) is 1. The highest BCUT2D eigenvalue weighted by molar-refractivity contribution is 6.14. The Morgan fingerprint density at radius 2 is 1.83 bits per heavy atom. The smallest absolute Gasteiger partial charge is 0.338 e. The second-order valence-corrected chi connectivity index (χ2v) is 5.17. The maximum Gasteiger partial charge on any atom is 0.338 e. The maximum absolute atomic E-state index is 12.7. The fraction of sp³-hybridized carbons (Fsp3) is 0.278. The van der Waals surface area contributed by atoms with Gasteiger partial charge in [-0.25, -0.2) is 4.79 Å². The highest BCUT2D eigenvalue weighted by Gasteiger charge is 2.21. The van der Waals surface area contributed by atoms with Crippen LogP contribution in [0.5, 0.6) is 0 Å². The molecule has 2 rings (SSSR count). The number of benzene rings is 1. The monoisotopic (exact) mass is 313 g/mol. The second-order valence-electron chi connectivity index (χ2n) is 5.17. The number of carbonyl (C=O) groups excluding carboxylic acids is 2. The third-order valence-electron chi connectivity index (χ3n) is 3.56. The standard InChI is InChI=1S/C18H19NO4/c1-3-4-10-19-12-15(14(11-16(19)20)18(22)23-2)17(21)13-8-6-5-7-9-13/h5-9,11-12H,3-4,10H2,1-2H3. The molecular formula is C18H19NO4. The van der Waals surface area contributed by atoms with E-state index >= 15 is 0 Å². The number of carbonyl (C=O) groups is 2. The van der Waals surface area contributed by atoms with E-state index in [0.29, 0.717) is 12.1 Å². The molecule has 1 heterocycles. The normalized spacial score (nSPS) is 10.3. The predicted octanol–water partition coefficient (Wildman–Crippen LogP) is 2.67. The number of esters is 1. The van der Waals surface area contributed by atoms with Crippen LogP contribution >= 0.6 is 0 Å². The lowest BCUT2D eigenvalue weighted by atomic mass is 10.00. The summed E-state index contributed by atoms with van der Waals surface area (Å²) in [6, 6.07) is 9.82. The van der Waals surface area contributed by atoms with E-state index < -0.39 is 5.97 Å². The van der Waals surface area contributed by atoms with Crippen LogP contribution in [0.4, 0.5) is 0 Å². The van der Waals surface area contributed by atoms with Crippen LogP contribution in [0.25, 0.3) is 0 Å². The minimum atomic E-state index is -0.691. The minimum Gasteiger partial charge on any atom is -0.465 e. The van der Waals surface area contributed by atoms with E-state index in [0.717, 1.165) is 12.8 Å². The first-order chi connectivity index (χ1) is 11.1. The van der Waals surface area contributed by atoms with Gasteiger partial charge in [0, 0.05) is 24.4 Å². The Balaban J connectivity index is 2.55. The fourth-order valence-corrected chi connectivity index (χ4v) is 2.28. The van der Waals surface area contributed by atoms with Gasteiger partial charge in [0.2, 0.25) is 0 Å². The molecule has 0 atom stereocenters. The zero-order chi connectivity index (χ0) is 16.8. The highest BCUT2D eigenvalue weighted by atomic mass is 16.5. The van der Waals surface area contributed by atoms with Gasteiger partial charge in [-0.1, -0.05) is 43.7 Å². The first-order valence-corrected chi connectivity index (χ1v) is 7.51. The molecule has 0 saturated carbocycles. The Bertz CT molecular complexity index is 762. The average Bonchev–Trinajstić information content (AvgIpc) is 2.59. The number of unbranched alkanes of at least 4 members (excludes halogenated alkanes) is 1. The lowest BCUT2D eigenvalue weighted by Crippen LogP contribution is -2.25. The van der Waals surface area contributed by atoms with Gasteiger partial charge in [0.05, 0.1) is 18.2 Å². The van der Waals surface area contributed by atoms with Crippen molar-refractivity contribution in [2.24, 2.45) is 0 Å². The van der Waals surface area contributed by atoms with Crippen molar-refractivity contribution in [2.45, 2.75) is 26.3 Å². The van der Waals surface area contributed by atoms with Gasteiger partial charge in [0.1, 0.15) is 0 Å². The number of aryl methyl sites for hydroxylation is 1. The molecule has 0 aliphatic heterocycles. The maximum atomic E-state index is 12.7. The van der Waals surface area contributed by atoms with Gasteiger partial charge < -0.3 is 9.30 Å². The molecule has 120 valence electrons. The van der Waals surface area contributed by atoms with E-state index in [1.54, 1.807) is 30.3 Å². The van der Waals surface area contributed by atoms with Crippen molar-refractivity contribution in [3.8, 4) is 0 Å². The van der Waals surface area contributed by atoms with E-state index in [1.165, 1.54) is 23.9 Å². The topological polar surface area (TPSA) is 65.4 Å². The fourth-order valence-electron chi connectivity index (χ4n) is 2.28. The lowest BCUT2D eigenvalue weighted by Gasteiger charge is -2.11. The average molecular weight is 313 g/mol. The van der Waals surface area contributed by atoms with E-state index in [1.807, 2.05) is 6.92 Å². The molecule has 5 heteroatoms. The molecule has 1 aromatic heterocycles. The Morgan fingerprint density at radius 3 is 2.43 bits per heavy atom. The van der Waals surface area contributed by atoms with Crippen molar-refractivity contribution in [3.05, 3.63) is 69.6 Å². The molecular weight excluding hydrogens is 294 g/mol. The summed E-state index contributed by atoms with van der Waals surface area (Å²) in [7, 11) is 1.22. The van der Waals surface area contributed by atoms with Crippen LogP contribution in [-0.2, 0) is 11.3 Å². The largest absolute Gasteiger partial charge is 0.465 e. The summed E-state index contributed by atoms with van der Waals surface area (Å²) in [5, 5.41) is 0. The molecule has 0 N–H and O–H groups in total. The quantitative estimate of drug-likeness (QED) is 0.607. The van der Waals surface area contributed by atoms with Gasteiger partial charge in [-0.05, 0) is 6.42 Å². The number of rotatable bonds is 6. The predicted molar refractivity (Wildman–Crippen MR) is 86.8 cm³/mol. The van der Waals surface area contributed by atoms with Crippen LogP contribution in [0.1, 0.15) is 46.0 Å². The third-order valence-corrected chi connectivity index (χ3v) is 3.56. The molecule has 5 nitrogen and oxygen atoms in total. The van der Waals surface area contributed by atoms with E-state index in [2.05, 4.69) is 0 Å². The van der Waals surface area contributed by atoms with E-state index in [9.17, 15) is 14.4 Å². The summed E-state index contributed by atoms with van der Waals surface area (Å²) in [6.07, 6.45) is 3.20. The van der Waals surface area contributed by atoms with Crippen LogP contribution in [0.3, 0.4) is 0 Å².